The van der Waals surface area contributed by atoms with Gasteiger partial charge in [0.1, 0.15) is 11.6 Å². The van der Waals surface area contributed by atoms with Crippen molar-refractivity contribution in [3.63, 3.8) is 0 Å². The van der Waals surface area contributed by atoms with Gasteiger partial charge in [-0.2, -0.15) is 5.26 Å². The SMILES string of the molecule is N#C/C(=C\c1cc(Cl)c2c(c1)OCCCO2)C(=O)c1ccccc1. The fraction of sp³-hybridized carbons (Fsp3) is 0.158. The largest absolute Gasteiger partial charge is 0.489 e. The Bertz CT molecular complexity index is 838. The maximum absolute atomic E-state index is 12.4. The molecule has 0 saturated heterocycles. The number of carbonyl (C=O) groups excluding carboxylic acids is 1. The first kappa shape index (κ1) is 16.1. The summed E-state index contributed by atoms with van der Waals surface area (Å²) >= 11 is 6.24. The second kappa shape index (κ2) is 7.20. The molecule has 0 fully saturated rings. The van der Waals surface area contributed by atoms with Crippen molar-refractivity contribution in [2.75, 3.05) is 13.2 Å². The standard InChI is InChI=1S/C19H14ClNO3/c20-16-10-13(11-17-19(16)24-8-4-7-23-17)9-15(12-21)18(22)14-5-2-1-3-6-14/h1-3,5-6,9-11H,4,7-8H2/b15-9+. The average Bonchev–Trinajstić information content (AvgIpc) is 2.85. The average molecular weight is 340 g/mol. The fourth-order valence-electron chi connectivity index (χ4n) is 2.39. The lowest BCUT2D eigenvalue weighted by atomic mass is 10.0. The summed E-state index contributed by atoms with van der Waals surface area (Å²) < 4.78 is 11.2. The molecule has 24 heavy (non-hydrogen) atoms. The van der Waals surface area contributed by atoms with E-state index in [0.29, 0.717) is 40.9 Å². The Kier molecular flexibility index (Phi) is 4.83. The summed E-state index contributed by atoms with van der Waals surface area (Å²) in [5.41, 5.74) is 1.11. The number of nitrogens with zero attached hydrogens (tertiary/aromatic N) is 1. The molecular weight excluding hydrogens is 326 g/mol. The number of hydrogen-bond donors (Lipinski definition) is 0. The number of halogens is 1. The number of carbonyl (C=O) groups is 1. The number of allylic oxidation sites excluding steroid dienone is 1. The van der Waals surface area contributed by atoms with Gasteiger partial charge in [-0.05, 0) is 23.8 Å². The Morgan fingerprint density at radius 2 is 1.92 bits per heavy atom. The van der Waals surface area contributed by atoms with Gasteiger partial charge in [0.05, 0.1) is 18.2 Å². The highest BCUT2D eigenvalue weighted by Gasteiger charge is 2.17. The molecule has 0 aliphatic carbocycles. The van der Waals surface area contributed by atoms with Crippen LogP contribution in [-0.4, -0.2) is 19.0 Å². The van der Waals surface area contributed by atoms with Crippen LogP contribution in [-0.2, 0) is 0 Å². The molecule has 2 aromatic carbocycles. The lowest BCUT2D eigenvalue weighted by Crippen LogP contribution is -2.01. The second-order valence-electron chi connectivity index (χ2n) is 5.25. The summed E-state index contributed by atoms with van der Waals surface area (Å²) in [4.78, 5) is 12.4. The topological polar surface area (TPSA) is 59.3 Å². The third-order valence-corrected chi connectivity index (χ3v) is 3.82. The Morgan fingerprint density at radius 3 is 2.67 bits per heavy atom. The molecule has 0 N–H and O–H groups in total. The zero-order valence-electron chi connectivity index (χ0n) is 12.8. The van der Waals surface area contributed by atoms with Crippen molar-refractivity contribution < 1.29 is 14.3 Å². The lowest BCUT2D eigenvalue weighted by Gasteiger charge is -2.10. The number of benzene rings is 2. The van der Waals surface area contributed by atoms with Gasteiger partial charge < -0.3 is 9.47 Å². The highest BCUT2D eigenvalue weighted by Crippen LogP contribution is 2.38. The van der Waals surface area contributed by atoms with Crippen LogP contribution < -0.4 is 9.47 Å². The summed E-state index contributed by atoms with van der Waals surface area (Å²) in [6.07, 6.45) is 2.28. The molecule has 0 spiro atoms. The third kappa shape index (κ3) is 3.42. The van der Waals surface area contributed by atoms with Crippen LogP contribution in [0.15, 0.2) is 48.0 Å². The van der Waals surface area contributed by atoms with E-state index in [1.807, 2.05) is 12.1 Å². The van der Waals surface area contributed by atoms with E-state index in [1.54, 1.807) is 36.4 Å². The molecule has 1 heterocycles. The van der Waals surface area contributed by atoms with Crippen molar-refractivity contribution in [2.45, 2.75) is 6.42 Å². The van der Waals surface area contributed by atoms with Crippen molar-refractivity contribution in [1.29, 1.82) is 5.26 Å². The minimum Gasteiger partial charge on any atom is -0.489 e. The van der Waals surface area contributed by atoms with Gasteiger partial charge in [-0.25, -0.2) is 0 Å². The Balaban J connectivity index is 1.97. The normalized spacial score (nSPS) is 13.8. The van der Waals surface area contributed by atoms with Gasteiger partial charge in [0, 0.05) is 12.0 Å². The van der Waals surface area contributed by atoms with E-state index in [0.717, 1.165) is 6.42 Å². The summed E-state index contributed by atoms with van der Waals surface area (Å²) in [5, 5.41) is 9.74. The molecule has 0 atom stereocenters. The number of ether oxygens (including phenoxy) is 2. The number of nitriles is 1. The van der Waals surface area contributed by atoms with Crippen LogP contribution >= 0.6 is 11.6 Å². The minimum absolute atomic E-state index is 0.0340. The quantitative estimate of drug-likeness (QED) is 0.475. The molecule has 4 nitrogen and oxygen atoms in total. The van der Waals surface area contributed by atoms with Crippen molar-refractivity contribution in [3.8, 4) is 17.6 Å². The van der Waals surface area contributed by atoms with Gasteiger partial charge in [-0.15, -0.1) is 0 Å². The van der Waals surface area contributed by atoms with Crippen LogP contribution in [0.25, 0.3) is 6.08 Å². The van der Waals surface area contributed by atoms with Crippen LogP contribution in [0, 0.1) is 11.3 Å². The molecule has 0 amide bonds. The number of Topliss-reactive ketones (excluding diaryl/α,β-unsaturated/α-hetero) is 1. The fourth-order valence-corrected chi connectivity index (χ4v) is 2.67. The molecule has 0 unspecified atom stereocenters. The molecule has 2 aromatic rings. The Labute approximate surface area is 144 Å². The minimum atomic E-state index is -0.332. The van der Waals surface area contributed by atoms with E-state index in [9.17, 15) is 10.1 Å². The summed E-state index contributed by atoms with van der Waals surface area (Å²) in [6.45, 7) is 1.07. The Hall–Kier alpha value is -2.77. The zero-order valence-corrected chi connectivity index (χ0v) is 13.5. The van der Waals surface area contributed by atoms with Crippen LogP contribution in [0.4, 0.5) is 0 Å². The van der Waals surface area contributed by atoms with Gasteiger partial charge in [0.2, 0.25) is 5.78 Å². The zero-order chi connectivity index (χ0) is 16.9. The van der Waals surface area contributed by atoms with Gasteiger partial charge >= 0.3 is 0 Å². The second-order valence-corrected chi connectivity index (χ2v) is 5.65. The molecule has 3 rings (SSSR count). The first-order valence-electron chi connectivity index (χ1n) is 7.50. The summed E-state index contributed by atoms with van der Waals surface area (Å²) in [5.74, 6) is 0.691. The predicted octanol–water partition coefficient (Wildman–Crippen LogP) is 4.29. The van der Waals surface area contributed by atoms with E-state index < -0.39 is 0 Å². The smallest absolute Gasteiger partial charge is 0.203 e. The molecular formula is C19H14ClNO3. The highest BCUT2D eigenvalue weighted by molar-refractivity contribution is 6.32. The number of hydrogen-bond acceptors (Lipinski definition) is 4. The van der Waals surface area contributed by atoms with Gasteiger partial charge in [-0.1, -0.05) is 41.9 Å². The van der Waals surface area contributed by atoms with Crippen LogP contribution in [0.5, 0.6) is 11.5 Å². The highest BCUT2D eigenvalue weighted by atomic mass is 35.5. The molecule has 0 radical (unpaired) electrons. The maximum Gasteiger partial charge on any atom is 0.203 e. The van der Waals surface area contributed by atoms with Crippen LogP contribution in [0.3, 0.4) is 0 Å². The van der Waals surface area contributed by atoms with Crippen molar-refractivity contribution >= 4 is 23.5 Å². The molecule has 1 aliphatic rings. The maximum atomic E-state index is 12.4. The van der Waals surface area contributed by atoms with Crippen LogP contribution in [0.2, 0.25) is 5.02 Å². The Morgan fingerprint density at radius 1 is 1.17 bits per heavy atom. The molecule has 120 valence electrons. The molecule has 1 aliphatic heterocycles. The van der Waals surface area contributed by atoms with E-state index in [-0.39, 0.29) is 11.4 Å². The first-order valence-corrected chi connectivity index (χ1v) is 7.87. The lowest BCUT2D eigenvalue weighted by molar-refractivity contribution is 0.104. The van der Waals surface area contributed by atoms with E-state index >= 15 is 0 Å². The molecule has 0 saturated carbocycles. The number of fused-ring (bicyclic) bond motifs is 1. The summed E-state index contributed by atoms with van der Waals surface area (Å²) in [7, 11) is 0. The monoisotopic (exact) mass is 339 g/mol. The van der Waals surface area contributed by atoms with E-state index in [4.69, 9.17) is 21.1 Å². The van der Waals surface area contributed by atoms with Crippen molar-refractivity contribution in [1.82, 2.24) is 0 Å². The van der Waals surface area contributed by atoms with Gasteiger partial charge in [0.15, 0.2) is 11.5 Å². The third-order valence-electron chi connectivity index (χ3n) is 3.54. The van der Waals surface area contributed by atoms with Gasteiger partial charge in [0.25, 0.3) is 0 Å². The summed E-state index contributed by atoms with van der Waals surface area (Å²) in [6, 6.07) is 14.0. The molecule has 0 aromatic heterocycles. The number of rotatable bonds is 3. The van der Waals surface area contributed by atoms with Crippen molar-refractivity contribution in [2.24, 2.45) is 0 Å². The first-order chi connectivity index (χ1) is 11.7. The molecule has 5 heteroatoms. The predicted molar refractivity (Wildman–Crippen MR) is 91.4 cm³/mol. The van der Waals surface area contributed by atoms with E-state index in [2.05, 4.69) is 0 Å². The van der Waals surface area contributed by atoms with Crippen LogP contribution in [0.1, 0.15) is 22.3 Å². The van der Waals surface area contributed by atoms with E-state index in [1.165, 1.54) is 6.08 Å². The van der Waals surface area contributed by atoms with Gasteiger partial charge in [-0.3, -0.25) is 4.79 Å². The molecule has 0 bridgehead atoms. The number of ketones is 1. The van der Waals surface area contributed by atoms with Crippen molar-refractivity contribution in [3.05, 3.63) is 64.2 Å².